The highest BCUT2D eigenvalue weighted by Gasteiger charge is 2.09. The van der Waals surface area contributed by atoms with E-state index < -0.39 is 4.92 Å². The number of nitro groups is 1. The number of carbonyl (C=O) groups is 1. The van der Waals surface area contributed by atoms with Crippen molar-refractivity contribution in [2.45, 2.75) is 20.3 Å². The highest BCUT2D eigenvalue weighted by molar-refractivity contribution is 7.80. The Hall–Kier alpha value is -2.02. The Morgan fingerprint density at radius 3 is 2.74 bits per heavy atom. The summed E-state index contributed by atoms with van der Waals surface area (Å²) in [5.74, 6) is 0.0542. The molecule has 19 heavy (non-hydrogen) atoms. The molecule has 102 valence electrons. The zero-order valence-electron chi connectivity index (χ0n) is 10.7. The SMILES string of the molecule is CC(C)CC(=O)NC(=S)Nc1cccc([N+](=O)[O-])c1. The molecule has 0 aliphatic carbocycles. The summed E-state index contributed by atoms with van der Waals surface area (Å²) in [6.45, 7) is 3.85. The summed E-state index contributed by atoms with van der Waals surface area (Å²) in [6, 6.07) is 5.90. The van der Waals surface area contributed by atoms with Crippen molar-refractivity contribution >= 4 is 34.6 Å². The normalized spacial score (nSPS) is 10.1. The Labute approximate surface area is 116 Å². The van der Waals surface area contributed by atoms with Crippen LogP contribution in [0.2, 0.25) is 0 Å². The van der Waals surface area contributed by atoms with Crippen LogP contribution >= 0.6 is 12.2 Å². The topological polar surface area (TPSA) is 84.3 Å². The van der Waals surface area contributed by atoms with Crippen LogP contribution in [0.3, 0.4) is 0 Å². The maximum absolute atomic E-state index is 11.5. The number of amides is 1. The number of hydrogen-bond acceptors (Lipinski definition) is 4. The number of carbonyl (C=O) groups excluding carboxylic acids is 1. The van der Waals surface area contributed by atoms with Gasteiger partial charge in [-0.05, 0) is 24.2 Å². The van der Waals surface area contributed by atoms with Crippen LogP contribution in [0.15, 0.2) is 24.3 Å². The fourth-order valence-corrected chi connectivity index (χ4v) is 1.64. The largest absolute Gasteiger partial charge is 0.332 e. The minimum Gasteiger partial charge on any atom is -0.332 e. The molecule has 0 unspecified atom stereocenters. The van der Waals surface area contributed by atoms with E-state index in [0.717, 1.165) is 0 Å². The van der Waals surface area contributed by atoms with E-state index in [4.69, 9.17) is 12.2 Å². The highest BCUT2D eigenvalue weighted by atomic mass is 32.1. The van der Waals surface area contributed by atoms with E-state index in [1.165, 1.54) is 12.1 Å². The van der Waals surface area contributed by atoms with Crippen molar-refractivity contribution < 1.29 is 9.72 Å². The second-order valence-corrected chi connectivity index (χ2v) is 4.82. The average molecular weight is 281 g/mol. The molecule has 0 heterocycles. The van der Waals surface area contributed by atoms with Crippen LogP contribution in [0.25, 0.3) is 0 Å². The summed E-state index contributed by atoms with van der Waals surface area (Å²) < 4.78 is 0. The molecule has 0 spiro atoms. The smallest absolute Gasteiger partial charge is 0.271 e. The standard InChI is InChI=1S/C12H15N3O3S/c1-8(2)6-11(16)14-12(19)13-9-4-3-5-10(7-9)15(17)18/h3-5,7-8H,6H2,1-2H3,(H2,13,14,16,19). The fourth-order valence-electron chi connectivity index (χ4n) is 1.41. The van der Waals surface area contributed by atoms with Gasteiger partial charge in [0.25, 0.3) is 5.69 Å². The van der Waals surface area contributed by atoms with Crippen LogP contribution in [0.4, 0.5) is 11.4 Å². The number of hydrogen-bond donors (Lipinski definition) is 2. The molecule has 0 bridgehead atoms. The zero-order chi connectivity index (χ0) is 14.4. The summed E-state index contributed by atoms with van der Waals surface area (Å²) in [7, 11) is 0. The second kappa shape index (κ2) is 6.79. The minimum atomic E-state index is -0.494. The average Bonchev–Trinajstić information content (AvgIpc) is 2.27. The first-order valence-corrected chi connectivity index (χ1v) is 6.14. The molecule has 1 amide bonds. The molecule has 0 saturated heterocycles. The molecule has 0 atom stereocenters. The number of benzene rings is 1. The third-order valence-electron chi connectivity index (χ3n) is 2.16. The van der Waals surface area contributed by atoms with Gasteiger partial charge < -0.3 is 10.6 Å². The van der Waals surface area contributed by atoms with Crippen LogP contribution in [0.1, 0.15) is 20.3 Å². The number of nitro benzene ring substituents is 1. The van der Waals surface area contributed by atoms with Crippen LogP contribution in [0.5, 0.6) is 0 Å². The van der Waals surface area contributed by atoms with E-state index in [-0.39, 0.29) is 22.6 Å². The predicted octanol–water partition coefficient (Wildman–Crippen LogP) is 2.45. The Morgan fingerprint density at radius 2 is 2.16 bits per heavy atom. The van der Waals surface area contributed by atoms with Gasteiger partial charge in [-0.3, -0.25) is 14.9 Å². The molecule has 0 aromatic heterocycles. The number of anilines is 1. The lowest BCUT2D eigenvalue weighted by atomic mass is 10.1. The third kappa shape index (κ3) is 5.43. The zero-order valence-corrected chi connectivity index (χ0v) is 11.5. The minimum absolute atomic E-state index is 0.0405. The third-order valence-corrected chi connectivity index (χ3v) is 2.37. The van der Waals surface area contributed by atoms with E-state index in [1.54, 1.807) is 12.1 Å². The predicted molar refractivity (Wildman–Crippen MR) is 76.9 cm³/mol. The first kappa shape index (κ1) is 15.0. The molecule has 6 nitrogen and oxygen atoms in total. The van der Waals surface area contributed by atoms with Crippen molar-refractivity contribution in [3.63, 3.8) is 0 Å². The second-order valence-electron chi connectivity index (χ2n) is 4.41. The van der Waals surface area contributed by atoms with E-state index in [0.29, 0.717) is 12.1 Å². The summed E-state index contributed by atoms with van der Waals surface area (Å²) in [5.41, 5.74) is 0.422. The van der Waals surface area contributed by atoms with E-state index >= 15 is 0 Å². The highest BCUT2D eigenvalue weighted by Crippen LogP contribution is 2.16. The lowest BCUT2D eigenvalue weighted by Gasteiger charge is -2.10. The van der Waals surface area contributed by atoms with Crippen molar-refractivity contribution in [1.29, 1.82) is 0 Å². The molecule has 0 radical (unpaired) electrons. The van der Waals surface area contributed by atoms with Gasteiger partial charge in [0.2, 0.25) is 5.91 Å². The molecule has 0 aliphatic rings. The number of rotatable bonds is 4. The Balaban J connectivity index is 2.59. The van der Waals surface area contributed by atoms with Gasteiger partial charge in [0.05, 0.1) is 4.92 Å². The van der Waals surface area contributed by atoms with Gasteiger partial charge >= 0.3 is 0 Å². The number of nitrogens with zero attached hydrogens (tertiary/aromatic N) is 1. The molecule has 0 saturated carbocycles. The van der Waals surface area contributed by atoms with Gasteiger partial charge in [0, 0.05) is 24.2 Å². The van der Waals surface area contributed by atoms with Gasteiger partial charge in [0.1, 0.15) is 0 Å². The quantitative estimate of drug-likeness (QED) is 0.503. The van der Waals surface area contributed by atoms with Crippen LogP contribution < -0.4 is 10.6 Å². The van der Waals surface area contributed by atoms with Crippen molar-refractivity contribution in [3.05, 3.63) is 34.4 Å². The van der Waals surface area contributed by atoms with Crippen LogP contribution in [-0.4, -0.2) is 15.9 Å². The van der Waals surface area contributed by atoms with E-state index in [1.807, 2.05) is 13.8 Å². The molecular formula is C12H15N3O3S. The molecule has 0 aliphatic heterocycles. The Bertz CT molecular complexity index is 503. The lowest BCUT2D eigenvalue weighted by Crippen LogP contribution is -2.34. The summed E-state index contributed by atoms with van der Waals surface area (Å²) >= 11 is 4.96. The van der Waals surface area contributed by atoms with Crippen LogP contribution in [0, 0.1) is 16.0 Å². The van der Waals surface area contributed by atoms with Crippen LogP contribution in [-0.2, 0) is 4.79 Å². The number of non-ortho nitro benzene ring substituents is 1. The molecular weight excluding hydrogens is 266 g/mol. The lowest BCUT2D eigenvalue weighted by molar-refractivity contribution is -0.384. The van der Waals surface area contributed by atoms with Gasteiger partial charge in [-0.25, -0.2) is 0 Å². The molecule has 1 aromatic carbocycles. The molecule has 7 heteroatoms. The van der Waals surface area contributed by atoms with Gasteiger partial charge in [-0.2, -0.15) is 0 Å². The van der Waals surface area contributed by atoms with E-state index in [2.05, 4.69) is 10.6 Å². The monoisotopic (exact) mass is 281 g/mol. The number of thiocarbonyl (C=S) groups is 1. The molecule has 1 rings (SSSR count). The first-order valence-electron chi connectivity index (χ1n) is 5.73. The van der Waals surface area contributed by atoms with Gasteiger partial charge in [-0.15, -0.1) is 0 Å². The number of nitrogens with one attached hydrogen (secondary N) is 2. The first-order chi connectivity index (χ1) is 8.88. The summed E-state index contributed by atoms with van der Waals surface area (Å²) in [4.78, 5) is 21.6. The Morgan fingerprint density at radius 1 is 1.47 bits per heavy atom. The van der Waals surface area contributed by atoms with Crippen molar-refractivity contribution in [2.75, 3.05) is 5.32 Å². The summed E-state index contributed by atoms with van der Waals surface area (Å²) in [6.07, 6.45) is 0.372. The van der Waals surface area contributed by atoms with Crippen molar-refractivity contribution in [1.82, 2.24) is 5.32 Å². The van der Waals surface area contributed by atoms with Gasteiger partial charge in [-0.1, -0.05) is 19.9 Å². The molecule has 2 N–H and O–H groups in total. The maximum Gasteiger partial charge on any atom is 0.271 e. The van der Waals surface area contributed by atoms with Crippen molar-refractivity contribution in [2.24, 2.45) is 5.92 Å². The molecule has 0 fully saturated rings. The Kier molecular flexibility index (Phi) is 5.37. The fraction of sp³-hybridized carbons (Fsp3) is 0.333. The maximum atomic E-state index is 11.5. The summed E-state index contributed by atoms with van der Waals surface area (Å²) in [5, 5.41) is 16.0. The van der Waals surface area contributed by atoms with Gasteiger partial charge in [0.15, 0.2) is 5.11 Å². The van der Waals surface area contributed by atoms with Crippen molar-refractivity contribution in [3.8, 4) is 0 Å². The van der Waals surface area contributed by atoms with E-state index in [9.17, 15) is 14.9 Å². The molecule has 1 aromatic rings.